The van der Waals surface area contributed by atoms with E-state index in [4.69, 9.17) is 10.5 Å². The minimum Gasteiger partial charge on any atom is -0.389 e. The standard InChI is InChI=1S/C10H19NO4S/c11-10(3-1-2-4-10)7-15-9-6-16(13,14)5-8(9)12/h8-9,12H,1-7,11H2. The number of hydrogen-bond acceptors (Lipinski definition) is 5. The summed E-state index contributed by atoms with van der Waals surface area (Å²) in [7, 11) is -3.13. The molecular weight excluding hydrogens is 230 g/mol. The van der Waals surface area contributed by atoms with E-state index in [0.29, 0.717) is 6.61 Å². The highest BCUT2D eigenvalue weighted by Gasteiger charge is 2.39. The van der Waals surface area contributed by atoms with Crippen LogP contribution in [-0.4, -0.2) is 49.4 Å². The van der Waals surface area contributed by atoms with Crippen molar-refractivity contribution >= 4 is 9.84 Å². The molecule has 0 radical (unpaired) electrons. The lowest BCUT2D eigenvalue weighted by molar-refractivity contribution is -0.0268. The van der Waals surface area contributed by atoms with Crippen LogP contribution in [0.15, 0.2) is 0 Å². The summed E-state index contributed by atoms with van der Waals surface area (Å²) < 4.78 is 28.0. The molecule has 1 saturated carbocycles. The smallest absolute Gasteiger partial charge is 0.155 e. The topological polar surface area (TPSA) is 89.6 Å². The van der Waals surface area contributed by atoms with Crippen LogP contribution in [0.1, 0.15) is 25.7 Å². The van der Waals surface area contributed by atoms with Crippen LogP contribution < -0.4 is 5.73 Å². The number of hydrogen-bond donors (Lipinski definition) is 2. The maximum atomic E-state index is 11.3. The van der Waals surface area contributed by atoms with E-state index < -0.39 is 22.0 Å². The van der Waals surface area contributed by atoms with Crippen molar-refractivity contribution in [1.82, 2.24) is 0 Å². The molecule has 1 saturated heterocycles. The molecule has 16 heavy (non-hydrogen) atoms. The van der Waals surface area contributed by atoms with Gasteiger partial charge in [0, 0.05) is 5.54 Å². The molecule has 2 rings (SSSR count). The highest BCUT2D eigenvalue weighted by Crippen LogP contribution is 2.28. The molecular formula is C10H19NO4S. The molecule has 0 aromatic carbocycles. The van der Waals surface area contributed by atoms with Crippen LogP contribution >= 0.6 is 0 Å². The van der Waals surface area contributed by atoms with E-state index in [1.54, 1.807) is 0 Å². The highest BCUT2D eigenvalue weighted by atomic mass is 32.2. The molecule has 5 nitrogen and oxygen atoms in total. The van der Waals surface area contributed by atoms with Crippen LogP contribution in [0.4, 0.5) is 0 Å². The molecule has 2 fully saturated rings. The Hall–Kier alpha value is -0.170. The molecule has 1 heterocycles. The maximum Gasteiger partial charge on any atom is 0.155 e. The van der Waals surface area contributed by atoms with Gasteiger partial charge in [-0.15, -0.1) is 0 Å². The van der Waals surface area contributed by atoms with E-state index in [9.17, 15) is 13.5 Å². The third kappa shape index (κ3) is 2.74. The van der Waals surface area contributed by atoms with E-state index in [2.05, 4.69) is 0 Å². The summed E-state index contributed by atoms with van der Waals surface area (Å²) in [5.41, 5.74) is 5.78. The van der Waals surface area contributed by atoms with E-state index in [1.165, 1.54) is 0 Å². The number of ether oxygens (including phenoxy) is 1. The van der Waals surface area contributed by atoms with E-state index in [0.717, 1.165) is 25.7 Å². The molecule has 1 aliphatic carbocycles. The Morgan fingerprint density at radius 2 is 1.94 bits per heavy atom. The van der Waals surface area contributed by atoms with Crippen molar-refractivity contribution in [2.24, 2.45) is 5.73 Å². The number of rotatable bonds is 3. The van der Waals surface area contributed by atoms with Gasteiger partial charge < -0.3 is 15.6 Å². The van der Waals surface area contributed by atoms with Gasteiger partial charge in [-0.25, -0.2) is 8.42 Å². The number of aliphatic hydroxyl groups is 1. The summed E-state index contributed by atoms with van der Waals surface area (Å²) in [6, 6.07) is 0. The molecule has 0 spiro atoms. The maximum absolute atomic E-state index is 11.3. The third-order valence-corrected chi connectivity index (χ3v) is 5.14. The average Bonchev–Trinajstić information content (AvgIpc) is 2.68. The van der Waals surface area contributed by atoms with Crippen molar-refractivity contribution in [2.75, 3.05) is 18.1 Å². The Balaban J connectivity index is 1.87. The molecule has 0 aromatic heterocycles. The van der Waals surface area contributed by atoms with Gasteiger partial charge in [-0.1, -0.05) is 12.8 Å². The molecule has 94 valence electrons. The van der Waals surface area contributed by atoms with Crippen molar-refractivity contribution in [2.45, 2.75) is 43.4 Å². The molecule has 0 bridgehead atoms. The lowest BCUT2D eigenvalue weighted by atomic mass is 10.0. The Kier molecular flexibility index (Phi) is 3.27. The summed E-state index contributed by atoms with van der Waals surface area (Å²) in [6.45, 7) is 0.351. The Morgan fingerprint density at radius 3 is 2.44 bits per heavy atom. The first kappa shape index (κ1) is 12.3. The van der Waals surface area contributed by atoms with Crippen molar-refractivity contribution in [3.8, 4) is 0 Å². The first-order chi connectivity index (χ1) is 7.40. The van der Waals surface area contributed by atoms with Gasteiger partial charge in [0.15, 0.2) is 9.84 Å². The van der Waals surface area contributed by atoms with Crippen LogP contribution in [0.2, 0.25) is 0 Å². The summed E-state index contributed by atoms with van der Waals surface area (Å²) in [5, 5.41) is 9.54. The zero-order valence-electron chi connectivity index (χ0n) is 9.26. The predicted octanol–water partition coefficient (Wildman–Crippen LogP) is -0.568. The van der Waals surface area contributed by atoms with Crippen LogP contribution in [0, 0.1) is 0 Å². The normalized spacial score (nSPS) is 36.6. The lowest BCUT2D eigenvalue weighted by Gasteiger charge is -2.26. The van der Waals surface area contributed by atoms with Crippen molar-refractivity contribution in [3.63, 3.8) is 0 Å². The van der Waals surface area contributed by atoms with Crippen LogP contribution in [0.3, 0.4) is 0 Å². The predicted molar refractivity (Wildman–Crippen MR) is 59.8 cm³/mol. The average molecular weight is 249 g/mol. The molecule has 1 aliphatic heterocycles. The number of sulfone groups is 1. The molecule has 2 aliphatic rings. The Bertz CT molecular complexity index is 348. The zero-order chi connectivity index (χ0) is 11.8. The van der Waals surface area contributed by atoms with E-state index in [-0.39, 0.29) is 17.0 Å². The molecule has 2 atom stereocenters. The number of aliphatic hydroxyl groups excluding tert-OH is 1. The van der Waals surface area contributed by atoms with Gasteiger partial charge in [0.25, 0.3) is 0 Å². The minimum atomic E-state index is -3.13. The van der Waals surface area contributed by atoms with Gasteiger partial charge in [-0.05, 0) is 12.8 Å². The summed E-state index contributed by atoms with van der Waals surface area (Å²) in [5.74, 6) is -0.264. The Morgan fingerprint density at radius 1 is 1.31 bits per heavy atom. The van der Waals surface area contributed by atoms with Gasteiger partial charge in [-0.2, -0.15) is 0 Å². The fraction of sp³-hybridized carbons (Fsp3) is 1.00. The fourth-order valence-electron chi connectivity index (χ4n) is 2.45. The zero-order valence-corrected chi connectivity index (χ0v) is 10.1. The monoisotopic (exact) mass is 249 g/mol. The van der Waals surface area contributed by atoms with E-state index in [1.807, 2.05) is 0 Å². The molecule has 0 amide bonds. The van der Waals surface area contributed by atoms with Crippen molar-refractivity contribution in [3.05, 3.63) is 0 Å². The quantitative estimate of drug-likeness (QED) is 0.699. The second-order valence-corrected chi connectivity index (χ2v) is 7.22. The summed E-state index contributed by atoms with van der Waals surface area (Å²) in [4.78, 5) is 0. The summed E-state index contributed by atoms with van der Waals surface area (Å²) >= 11 is 0. The van der Waals surface area contributed by atoms with Crippen molar-refractivity contribution < 1.29 is 18.3 Å². The first-order valence-electron chi connectivity index (χ1n) is 5.69. The third-order valence-electron chi connectivity index (χ3n) is 3.46. The van der Waals surface area contributed by atoms with Crippen LogP contribution in [0.25, 0.3) is 0 Å². The van der Waals surface area contributed by atoms with Gasteiger partial charge in [0.05, 0.1) is 30.3 Å². The summed E-state index contributed by atoms with van der Waals surface area (Å²) in [6.07, 6.45) is 2.56. The molecule has 3 N–H and O–H groups in total. The largest absolute Gasteiger partial charge is 0.389 e. The number of nitrogens with two attached hydrogens (primary N) is 1. The van der Waals surface area contributed by atoms with E-state index >= 15 is 0 Å². The second-order valence-electron chi connectivity index (χ2n) is 5.06. The van der Waals surface area contributed by atoms with Gasteiger partial charge in [0.1, 0.15) is 0 Å². The van der Waals surface area contributed by atoms with Crippen LogP contribution in [-0.2, 0) is 14.6 Å². The second kappa shape index (κ2) is 4.25. The molecule has 6 heteroatoms. The van der Waals surface area contributed by atoms with Gasteiger partial charge >= 0.3 is 0 Å². The van der Waals surface area contributed by atoms with Gasteiger partial charge in [0.2, 0.25) is 0 Å². The molecule has 2 unspecified atom stereocenters. The molecule has 0 aromatic rings. The Labute approximate surface area is 95.9 Å². The fourth-order valence-corrected chi connectivity index (χ4v) is 4.14. The highest BCUT2D eigenvalue weighted by molar-refractivity contribution is 7.91. The first-order valence-corrected chi connectivity index (χ1v) is 7.51. The SMILES string of the molecule is NC1(COC2CS(=O)(=O)CC2O)CCCC1. The van der Waals surface area contributed by atoms with Crippen molar-refractivity contribution in [1.29, 1.82) is 0 Å². The minimum absolute atomic E-state index is 0.0791. The lowest BCUT2D eigenvalue weighted by Crippen LogP contribution is -2.44. The van der Waals surface area contributed by atoms with Gasteiger partial charge in [-0.3, -0.25) is 0 Å². The van der Waals surface area contributed by atoms with Crippen LogP contribution in [0.5, 0.6) is 0 Å².